The van der Waals surface area contributed by atoms with Gasteiger partial charge in [0.1, 0.15) is 5.82 Å². The Kier molecular flexibility index (Phi) is 4.40. The number of hydrogen-bond donors (Lipinski definition) is 2. The van der Waals surface area contributed by atoms with Crippen molar-refractivity contribution in [1.82, 2.24) is 0 Å². The maximum Gasteiger partial charge on any atom is 0.381 e. The fraction of sp³-hybridized carbons (Fsp3) is 0.300. The number of rotatable bonds is 4. The molecule has 2 N–H and O–H groups in total. The summed E-state index contributed by atoms with van der Waals surface area (Å²) >= 11 is 0. The molecule has 1 atom stereocenters. The highest BCUT2D eigenvalue weighted by atomic mass is 31.2. The van der Waals surface area contributed by atoms with Gasteiger partial charge >= 0.3 is 7.60 Å². The van der Waals surface area contributed by atoms with Crippen molar-refractivity contribution >= 4 is 13.0 Å². The molecule has 1 aromatic carbocycles. The van der Waals surface area contributed by atoms with Gasteiger partial charge in [-0.3, -0.25) is 4.57 Å². The van der Waals surface area contributed by atoms with Crippen LogP contribution < -0.4 is 0 Å². The van der Waals surface area contributed by atoms with Gasteiger partial charge in [0.2, 0.25) is 0 Å². The number of oxime groups is 1. The fourth-order valence-electron chi connectivity index (χ4n) is 1.21. The maximum atomic E-state index is 12.7. The van der Waals surface area contributed by atoms with Gasteiger partial charge in [-0.25, -0.2) is 4.39 Å². The first-order valence-electron chi connectivity index (χ1n) is 4.86. The predicted octanol–water partition coefficient (Wildman–Crippen LogP) is 2.57. The van der Waals surface area contributed by atoms with Crippen LogP contribution >= 0.6 is 7.60 Å². The zero-order chi connectivity index (χ0) is 13.1. The van der Waals surface area contributed by atoms with Crippen molar-refractivity contribution in [2.75, 3.05) is 0 Å². The van der Waals surface area contributed by atoms with E-state index < -0.39 is 25.0 Å². The summed E-state index contributed by atoms with van der Waals surface area (Å²) in [5, 5.41) is 11.5. The van der Waals surface area contributed by atoms with Crippen LogP contribution in [0, 0.1) is 5.82 Å². The van der Waals surface area contributed by atoms with Crippen LogP contribution in [0.25, 0.3) is 0 Å². The average molecular weight is 261 g/mol. The van der Waals surface area contributed by atoms with Crippen molar-refractivity contribution < 1.29 is 23.6 Å². The van der Waals surface area contributed by atoms with E-state index in [2.05, 4.69) is 5.16 Å². The van der Waals surface area contributed by atoms with Crippen LogP contribution in [0.5, 0.6) is 0 Å². The zero-order valence-electron chi connectivity index (χ0n) is 9.37. The molecule has 0 aliphatic carbocycles. The van der Waals surface area contributed by atoms with Crippen molar-refractivity contribution in [1.29, 1.82) is 0 Å². The molecule has 0 spiro atoms. The molecular formula is C10H13FNO4P. The van der Waals surface area contributed by atoms with Crippen molar-refractivity contribution in [2.24, 2.45) is 5.16 Å². The molecule has 0 heterocycles. The standard InChI is InChI=1S/C10H13FNO4P/c1-7(2)16-17(14,15)10(12-13)8-3-5-9(11)6-4-8/h3-7,13H,1-2H3,(H,14,15)/b12-10+. The highest BCUT2D eigenvalue weighted by Crippen LogP contribution is 2.47. The Balaban J connectivity index is 3.08. The van der Waals surface area contributed by atoms with E-state index in [9.17, 15) is 13.8 Å². The second-order valence-electron chi connectivity index (χ2n) is 3.61. The van der Waals surface area contributed by atoms with E-state index >= 15 is 0 Å². The monoisotopic (exact) mass is 261 g/mol. The van der Waals surface area contributed by atoms with Crippen LogP contribution in [0.2, 0.25) is 0 Å². The first-order chi connectivity index (χ1) is 7.86. The minimum atomic E-state index is -4.22. The highest BCUT2D eigenvalue weighted by molar-refractivity contribution is 7.72. The van der Waals surface area contributed by atoms with Crippen LogP contribution in [0.3, 0.4) is 0 Å². The van der Waals surface area contributed by atoms with Gasteiger partial charge in [-0.1, -0.05) is 5.16 Å². The second-order valence-corrected chi connectivity index (χ2v) is 5.28. The smallest absolute Gasteiger partial charge is 0.381 e. The summed E-state index contributed by atoms with van der Waals surface area (Å²) in [6.07, 6.45) is -0.511. The molecule has 0 saturated heterocycles. The third-order valence-electron chi connectivity index (χ3n) is 1.82. The normalized spacial score (nSPS) is 15.9. The number of halogens is 1. The zero-order valence-corrected chi connectivity index (χ0v) is 10.3. The molecular weight excluding hydrogens is 248 g/mol. The van der Waals surface area contributed by atoms with E-state index in [1.807, 2.05) is 0 Å². The Morgan fingerprint density at radius 2 is 1.94 bits per heavy atom. The Morgan fingerprint density at radius 3 is 2.35 bits per heavy atom. The molecule has 5 nitrogen and oxygen atoms in total. The molecule has 0 aliphatic rings. The molecule has 0 bridgehead atoms. The van der Waals surface area contributed by atoms with E-state index in [1.165, 1.54) is 12.1 Å². The van der Waals surface area contributed by atoms with E-state index in [1.54, 1.807) is 13.8 Å². The summed E-state index contributed by atoms with van der Waals surface area (Å²) in [4.78, 5) is 9.62. The van der Waals surface area contributed by atoms with Crippen molar-refractivity contribution in [3.63, 3.8) is 0 Å². The fourth-order valence-corrected chi connectivity index (χ4v) is 2.47. The number of nitrogens with zero attached hydrogens (tertiary/aromatic N) is 1. The molecule has 0 aliphatic heterocycles. The Hall–Kier alpha value is -1.23. The average Bonchev–Trinajstić information content (AvgIpc) is 2.19. The van der Waals surface area contributed by atoms with Gasteiger partial charge in [-0.2, -0.15) is 0 Å². The Bertz CT molecular complexity index is 458. The minimum Gasteiger partial charge on any atom is -0.410 e. The van der Waals surface area contributed by atoms with Crippen LogP contribution in [-0.4, -0.2) is 21.7 Å². The first-order valence-corrected chi connectivity index (χ1v) is 6.44. The molecule has 0 aromatic heterocycles. The van der Waals surface area contributed by atoms with Crippen molar-refractivity contribution in [3.05, 3.63) is 35.6 Å². The molecule has 0 amide bonds. The first kappa shape index (κ1) is 13.8. The predicted molar refractivity (Wildman–Crippen MR) is 60.8 cm³/mol. The summed E-state index contributed by atoms with van der Waals surface area (Å²) in [6.45, 7) is 3.14. The lowest BCUT2D eigenvalue weighted by Crippen LogP contribution is -2.09. The molecule has 0 radical (unpaired) electrons. The highest BCUT2D eigenvalue weighted by Gasteiger charge is 2.31. The summed E-state index contributed by atoms with van der Waals surface area (Å²) in [7, 11) is -4.22. The maximum absolute atomic E-state index is 12.7. The van der Waals surface area contributed by atoms with Gasteiger partial charge in [-0.15, -0.1) is 0 Å². The van der Waals surface area contributed by atoms with Gasteiger partial charge in [0.15, 0.2) is 5.45 Å². The summed E-state index contributed by atoms with van der Waals surface area (Å²) in [5.74, 6) is -0.497. The third kappa shape index (κ3) is 3.63. The molecule has 0 saturated carbocycles. The summed E-state index contributed by atoms with van der Waals surface area (Å²) < 4.78 is 29.3. The summed E-state index contributed by atoms with van der Waals surface area (Å²) in [6, 6.07) is 4.65. The lowest BCUT2D eigenvalue weighted by molar-refractivity contribution is 0.213. The van der Waals surface area contributed by atoms with Crippen LogP contribution in [0.1, 0.15) is 19.4 Å². The number of benzene rings is 1. The van der Waals surface area contributed by atoms with Gasteiger partial charge in [0.25, 0.3) is 0 Å². The van der Waals surface area contributed by atoms with Crippen LogP contribution in [-0.2, 0) is 9.09 Å². The third-order valence-corrected chi connectivity index (χ3v) is 3.41. The quantitative estimate of drug-likeness (QED) is 0.378. The van der Waals surface area contributed by atoms with Gasteiger partial charge in [0.05, 0.1) is 6.10 Å². The Morgan fingerprint density at radius 1 is 1.41 bits per heavy atom. The minimum absolute atomic E-state index is 0.125. The Labute approximate surface area is 98.1 Å². The van der Waals surface area contributed by atoms with Crippen molar-refractivity contribution in [2.45, 2.75) is 20.0 Å². The van der Waals surface area contributed by atoms with E-state index in [-0.39, 0.29) is 5.56 Å². The second kappa shape index (κ2) is 5.40. The van der Waals surface area contributed by atoms with Gasteiger partial charge < -0.3 is 14.6 Å². The molecule has 94 valence electrons. The molecule has 1 rings (SSSR count). The number of hydrogen-bond acceptors (Lipinski definition) is 4. The molecule has 0 fully saturated rings. The van der Waals surface area contributed by atoms with Gasteiger partial charge in [0, 0.05) is 5.56 Å². The topological polar surface area (TPSA) is 79.1 Å². The van der Waals surface area contributed by atoms with E-state index in [0.717, 1.165) is 12.1 Å². The summed E-state index contributed by atoms with van der Waals surface area (Å²) in [5.41, 5.74) is -0.383. The molecule has 7 heteroatoms. The molecule has 1 unspecified atom stereocenters. The van der Waals surface area contributed by atoms with Crippen LogP contribution in [0.15, 0.2) is 29.4 Å². The van der Waals surface area contributed by atoms with E-state index in [0.29, 0.717) is 0 Å². The SMILES string of the molecule is CC(C)OP(=O)(O)/C(=N/O)c1ccc(F)cc1. The molecule has 17 heavy (non-hydrogen) atoms. The van der Waals surface area contributed by atoms with Gasteiger partial charge in [-0.05, 0) is 38.1 Å². The molecule has 1 aromatic rings. The van der Waals surface area contributed by atoms with Crippen LogP contribution in [0.4, 0.5) is 4.39 Å². The largest absolute Gasteiger partial charge is 0.410 e. The van der Waals surface area contributed by atoms with Crippen molar-refractivity contribution in [3.8, 4) is 0 Å². The lowest BCUT2D eigenvalue weighted by atomic mass is 10.2. The lowest BCUT2D eigenvalue weighted by Gasteiger charge is -2.15. The van der Waals surface area contributed by atoms with E-state index in [4.69, 9.17) is 9.73 Å².